The normalized spacial score (nSPS) is 24.2. The van der Waals surface area contributed by atoms with Crippen LogP contribution in [0.3, 0.4) is 0 Å². The molecule has 2 saturated carbocycles. The summed E-state index contributed by atoms with van der Waals surface area (Å²) in [6, 6.07) is 10.4. The molecule has 2 aromatic carbocycles. The van der Waals surface area contributed by atoms with Crippen molar-refractivity contribution in [3.05, 3.63) is 53.8 Å². The van der Waals surface area contributed by atoms with Crippen LogP contribution in [0.5, 0.6) is 5.75 Å². The van der Waals surface area contributed by atoms with Gasteiger partial charge in [0.15, 0.2) is 0 Å². The van der Waals surface area contributed by atoms with Crippen LogP contribution in [0, 0.1) is 23.6 Å². The lowest BCUT2D eigenvalue weighted by Crippen LogP contribution is -2.33. The standard InChI is InChI=1S/C31H39F5O/c1-2-3-4-5-6-7-21-8-9-24-19-25(11-10-23(24)18-21)26-14-17-28(29(32)20-26)22-12-15-27(16-13-22)37-31(35,36)30(33)34/h12-17,20-21,23-25,30H,2-11,18-19H2,1H3/t21?,23-,24-,25-/m1/s1. The van der Waals surface area contributed by atoms with Gasteiger partial charge in [-0.1, -0.05) is 76.1 Å². The van der Waals surface area contributed by atoms with Gasteiger partial charge in [-0.2, -0.15) is 17.6 Å². The number of hydrogen-bond donors (Lipinski definition) is 0. The van der Waals surface area contributed by atoms with Crippen LogP contribution in [0.2, 0.25) is 0 Å². The summed E-state index contributed by atoms with van der Waals surface area (Å²) in [5.41, 5.74) is 1.85. The molecule has 2 aromatic rings. The minimum atomic E-state index is -4.57. The summed E-state index contributed by atoms with van der Waals surface area (Å²) < 4.78 is 70.1. The Morgan fingerprint density at radius 1 is 0.865 bits per heavy atom. The summed E-state index contributed by atoms with van der Waals surface area (Å²) in [5, 5.41) is 0. The topological polar surface area (TPSA) is 9.23 Å². The Morgan fingerprint density at radius 2 is 1.57 bits per heavy atom. The molecule has 2 fully saturated rings. The van der Waals surface area contributed by atoms with Crippen molar-refractivity contribution in [2.24, 2.45) is 17.8 Å². The van der Waals surface area contributed by atoms with Crippen LogP contribution in [0.1, 0.15) is 95.5 Å². The Kier molecular flexibility index (Phi) is 9.52. The first kappa shape index (κ1) is 27.9. The van der Waals surface area contributed by atoms with Crippen LogP contribution in [0.4, 0.5) is 22.0 Å². The van der Waals surface area contributed by atoms with Gasteiger partial charge < -0.3 is 4.74 Å². The van der Waals surface area contributed by atoms with E-state index in [0.29, 0.717) is 17.0 Å². The van der Waals surface area contributed by atoms with Crippen molar-refractivity contribution in [1.82, 2.24) is 0 Å². The van der Waals surface area contributed by atoms with Crippen molar-refractivity contribution < 1.29 is 26.7 Å². The van der Waals surface area contributed by atoms with Gasteiger partial charge in [0.25, 0.3) is 0 Å². The van der Waals surface area contributed by atoms with Gasteiger partial charge in [-0.15, -0.1) is 0 Å². The molecule has 0 aliphatic heterocycles. The highest BCUT2D eigenvalue weighted by Gasteiger charge is 2.44. The summed E-state index contributed by atoms with van der Waals surface area (Å²) in [6.45, 7) is 2.26. The highest BCUT2D eigenvalue weighted by molar-refractivity contribution is 5.65. The number of alkyl halides is 4. The Morgan fingerprint density at radius 3 is 2.27 bits per heavy atom. The van der Waals surface area contributed by atoms with E-state index in [2.05, 4.69) is 11.7 Å². The molecule has 2 aliphatic carbocycles. The Balaban J connectivity index is 1.32. The van der Waals surface area contributed by atoms with Crippen molar-refractivity contribution in [2.45, 2.75) is 102 Å². The molecule has 204 valence electrons. The maximum atomic E-state index is 15.1. The van der Waals surface area contributed by atoms with Crippen molar-refractivity contribution in [2.75, 3.05) is 0 Å². The average molecular weight is 523 g/mol. The maximum absolute atomic E-state index is 15.1. The number of halogens is 5. The average Bonchev–Trinajstić information content (AvgIpc) is 2.88. The SMILES string of the molecule is CCCCCCCC1CC[C@@H]2C[C@H](c3ccc(-c4ccc(OC(F)(F)C(F)F)cc4)c(F)c3)CC[C@@H]2C1. The minimum absolute atomic E-state index is 0.351. The van der Waals surface area contributed by atoms with Crippen molar-refractivity contribution in [3.8, 4) is 16.9 Å². The van der Waals surface area contributed by atoms with Gasteiger partial charge in [0, 0.05) is 5.56 Å². The first-order valence-corrected chi connectivity index (χ1v) is 14.0. The smallest absolute Gasteiger partial charge is 0.428 e. The molecule has 0 radical (unpaired) electrons. The van der Waals surface area contributed by atoms with Crippen LogP contribution in [0.15, 0.2) is 42.5 Å². The predicted octanol–water partition coefficient (Wildman–Crippen LogP) is 10.4. The van der Waals surface area contributed by atoms with E-state index in [1.165, 1.54) is 76.3 Å². The molecule has 0 saturated heterocycles. The van der Waals surface area contributed by atoms with Crippen LogP contribution >= 0.6 is 0 Å². The second-order valence-electron chi connectivity index (χ2n) is 11.1. The fraction of sp³-hybridized carbons (Fsp3) is 0.613. The summed E-state index contributed by atoms with van der Waals surface area (Å²) in [6.07, 6.45) is 7.05. The van der Waals surface area contributed by atoms with Gasteiger partial charge >= 0.3 is 12.5 Å². The number of benzene rings is 2. The maximum Gasteiger partial charge on any atom is 0.461 e. The Bertz CT molecular complexity index is 990. The van der Waals surface area contributed by atoms with Crippen LogP contribution in [-0.2, 0) is 0 Å². The Hall–Kier alpha value is -2.11. The Labute approximate surface area is 217 Å². The van der Waals surface area contributed by atoms with E-state index in [1.807, 2.05) is 6.07 Å². The highest BCUT2D eigenvalue weighted by atomic mass is 19.3. The van der Waals surface area contributed by atoms with E-state index in [1.54, 1.807) is 12.1 Å². The zero-order chi connectivity index (χ0) is 26.4. The third-order valence-electron chi connectivity index (χ3n) is 8.58. The fourth-order valence-corrected chi connectivity index (χ4v) is 6.51. The van der Waals surface area contributed by atoms with E-state index in [0.717, 1.165) is 48.3 Å². The largest absolute Gasteiger partial charge is 0.461 e. The summed E-state index contributed by atoms with van der Waals surface area (Å²) in [7, 11) is 0. The van der Waals surface area contributed by atoms with E-state index in [-0.39, 0.29) is 5.82 Å². The van der Waals surface area contributed by atoms with Gasteiger partial charge in [0.05, 0.1) is 0 Å². The fourth-order valence-electron chi connectivity index (χ4n) is 6.51. The molecule has 0 amide bonds. The molecule has 0 N–H and O–H groups in total. The van der Waals surface area contributed by atoms with Crippen molar-refractivity contribution in [1.29, 1.82) is 0 Å². The van der Waals surface area contributed by atoms with E-state index >= 15 is 4.39 Å². The zero-order valence-corrected chi connectivity index (χ0v) is 21.7. The molecule has 37 heavy (non-hydrogen) atoms. The van der Waals surface area contributed by atoms with Gasteiger partial charge in [-0.3, -0.25) is 0 Å². The van der Waals surface area contributed by atoms with Crippen LogP contribution < -0.4 is 4.74 Å². The molecular formula is C31H39F5O. The van der Waals surface area contributed by atoms with E-state index in [4.69, 9.17) is 0 Å². The van der Waals surface area contributed by atoms with Crippen molar-refractivity contribution >= 4 is 0 Å². The second kappa shape index (κ2) is 12.6. The minimum Gasteiger partial charge on any atom is -0.428 e. The summed E-state index contributed by atoms with van der Waals surface area (Å²) in [5.74, 6) is 2.04. The van der Waals surface area contributed by atoms with Crippen LogP contribution in [0.25, 0.3) is 11.1 Å². The summed E-state index contributed by atoms with van der Waals surface area (Å²) >= 11 is 0. The molecule has 0 heterocycles. The molecule has 0 aromatic heterocycles. The predicted molar refractivity (Wildman–Crippen MR) is 138 cm³/mol. The van der Waals surface area contributed by atoms with Crippen LogP contribution in [-0.4, -0.2) is 12.5 Å². The quantitative estimate of drug-likeness (QED) is 0.211. The number of rotatable bonds is 11. The second-order valence-corrected chi connectivity index (χ2v) is 11.1. The molecule has 1 unspecified atom stereocenters. The van der Waals surface area contributed by atoms with E-state index < -0.39 is 18.3 Å². The number of ether oxygens (including phenoxy) is 1. The number of hydrogen-bond acceptors (Lipinski definition) is 1. The van der Waals surface area contributed by atoms with Gasteiger partial charge in [0.1, 0.15) is 11.6 Å². The molecule has 0 bridgehead atoms. The molecule has 1 nitrogen and oxygen atoms in total. The first-order chi connectivity index (χ1) is 17.8. The third-order valence-corrected chi connectivity index (χ3v) is 8.58. The molecular weight excluding hydrogens is 483 g/mol. The molecule has 6 heteroatoms. The lowest BCUT2D eigenvalue weighted by molar-refractivity contribution is -0.253. The lowest BCUT2D eigenvalue weighted by Gasteiger charge is -2.42. The monoisotopic (exact) mass is 522 g/mol. The zero-order valence-electron chi connectivity index (χ0n) is 21.7. The number of unbranched alkanes of at least 4 members (excludes halogenated alkanes) is 4. The first-order valence-electron chi connectivity index (χ1n) is 14.0. The molecule has 4 rings (SSSR count). The van der Waals surface area contributed by atoms with E-state index in [9.17, 15) is 17.6 Å². The van der Waals surface area contributed by atoms with Gasteiger partial charge in [-0.25, -0.2) is 4.39 Å². The number of fused-ring (bicyclic) bond motifs is 1. The lowest BCUT2D eigenvalue weighted by atomic mass is 9.63. The molecule has 2 aliphatic rings. The highest BCUT2D eigenvalue weighted by Crippen LogP contribution is 2.48. The molecule has 0 spiro atoms. The van der Waals surface area contributed by atoms with Gasteiger partial charge in [-0.05, 0) is 85.1 Å². The molecule has 4 atom stereocenters. The van der Waals surface area contributed by atoms with Crippen molar-refractivity contribution in [3.63, 3.8) is 0 Å². The summed E-state index contributed by atoms with van der Waals surface area (Å²) in [4.78, 5) is 0. The third kappa shape index (κ3) is 7.26. The van der Waals surface area contributed by atoms with Gasteiger partial charge in [0.2, 0.25) is 0 Å².